The smallest absolute Gasteiger partial charge is 0.119 e. The van der Waals surface area contributed by atoms with Gasteiger partial charge in [-0.15, -0.1) is 0 Å². The molecule has 2 heteroatoms. The molecule has 15 heavy (non-hydrogen) atoms. The van der Waals surface area contributed by atoms with E-state index in [2.05, 4.69) is 32.2 Å². The van der Waals surface area contributed by atoms with E-state index in [1.54, 1.807) is 7.11 Å². The first-order chi connectivity index (χ1) is 7.28. The normalized spacial score (nSPS) is 9.07. The lowest BCUT2D eigenvalue weighted by Crippen LogP contribution is -1.84. The number of methoxy groups -OCH3 is 1. The third kappa shape index (κ3) is 7.32. The maximum atomic E-state index is 5.09. The fraction of sp³-hybridized carbons (Fsp3) is 0.538. The molecule has 0 aliphatic heterocycles. The van der Waals surface area contributed by atoms with E-state index in [4.69, 9.17) is 4.74 Å². The summed E-state index contributed by atoms with van der Waals surface area (Å²) in [7, 11) is 1.69. The van der Waals surface area contributed by atoms with Gasteiger partial charge in [0.25, 0.3) is 0 Å². The lowest BCUT2D eigenvalue weighted by atomic mass is 10.2. The fourth-order valence-corrected chi connectivity index (χ4v) is 1.44. The maximum Gasteiger partial charge on any atom is 0.119 e. The van der Waals surface area contributed by atoms with Crippen LogP contribution in [0.3, 0.4) is 0 Å². The van der Waals surface area contributed by atoms with Crippen molar-refractivity contribution in [2.24, 2.45) is 0 Å². The fourth-order valence-electron chi connectivity index (χ4n) is 0.929. The summed E-state index contributed by atoms with van der Waals surface area (Å²) in [6, 6.07) is 8.16. The van der Waals surface area contributed by atoms with Crippen LogP contribution < -0.4 is 4.74 Å². The molecule has 0 saturated heterocycles. The van der Waals surface area contributed by atoms with E-state index in [9.17, 15) is 0 Å². The molecule has 0 aliphatic rings. The van der Waals surface area contributed by atoms with E-state index in [0.717, 1.165) is 11.5 Å². The highest BCUT2D eigenvalue weighted by Crippen LogP contribution is 2.15. The SMILES string of the molecule is CCCC.COc1cccc(CSC)c1. The third-order valence-electron chi connectivity index (χ3n) is 1.95. The van der Waals surface area contributed by atoms with Crippen LogP contribution in [0.1, 0.15) is 32.3 Å². The van der Waals surface area contributed by atoms with E-state index in [1.165, 1.54) is 18.4 Å². The molecule has 0 amide bonds. The van der Waals surface area contributed by atoms with Gasteiger partial charge in [-0.1, -0.05) is 38.8 Å². The molecule has 0 spiro atoms. The van der Waals surface area contributed by atoms with Crippen LogP contribution in [-0.2, 0) is 5.75 Å². The average Bonchev–Trinajstić information content (AvgIpc) is 2.30. The van der Waals surface area contributed by atoms with Crippen molar-refractivity contribution < 1.29 is 4.74 Å². The van der Waals surface area contributed by atoms with Crippen molar-refractivity contribution in [3.63, 3.8) is 0 Å². The second-order valence-electron chi connectivity index (χ2n) is 3.28. The van der Waals surface area contributed by atoms with Gasteiger partial charge in [0.1, 0.15) is 5.75 Å². The molecule has 0 fully saturated rings. The lowest BCUT2D eigenvalue weighted by molar-refractivity contribution is 0.414. The van der Waals surface area contributed by atoms with Gasteiger partial charge in [-0.25, -0.2) is 0 Å². The van der Waals surface area contributed by atoms with Crippen LogP contribution in [0, 0.1) is 0 Å². The molecule has 0 N–H and O–H groups in total. The number of benzene rings is 1. The zero-order chi connectivity index (χ0) is 11.5. The minimum atomic E-state index is 0.941. The van der Waals surface area contributed by atoms with Crippen molar-refractivity contribution in [1.29, 1.82) is 0 Å². The number of ether oxygens (including phenoxy) is 1. The van der Waals surface area contributed by atoms with Crippen LogP contribution in [-0.4, -0.2) is 13.4 Å². The van der Waals surface area contributed by atoms with E-state index < -0.39 is 0 Å². The molecule has 1 aromatic rings. The highest BCUT2D eigenvalue weighted by atomic mass is 32.2. The Balaban J connectivity index is 0.000000423. The summed E-state index contributed by atoms with van der Waals surface area (Å²) in [6.07, 6.45) is 4.74. The Hall–Kier alpha value is -0.630. The number of rotatable bonds is 4. The lowest BCUT2D eigenvalue weighted by Gasteiger charge is -2.01. The van der Waals surface area contributed by atoms with Crippen molar-refractivity contribution in [2.45, 2.75) is 32.4 Å². The summed E-state index contributed by atoms with van der Waals surface area (Å²) in [4.78, 5) is 0. The van der Waals surface area contributed by atoms with Crippen LogP contribution in [0.5, 0.6) is 5.75 Å². The third-order valence-corrected chi connectivity index (χ3v) is 2.57. The van der Waals surface area contributed by atoms with Crippen LogP contribution in [0.4, 0.5) is 0 Å². The quantitative estimate of drug-likeness (QED) is 0.754. The number of unbranched alkanes of at least 4 members (excludes halogenated alkanes) is 1. The van der Waals surface area contributed by atoms with Gasteiger partial charge in [-0.3, -0.25) is 0 Å². The summed E-state index contributed by atoms with van der Waals surface area (Å²) in [5.74, 6) is 1.99. The van der Waals surface area contributed by atoms with Gasteiger partial charge in [0.05, 0.1) is 7.11 Å². The first-order valence-electron chi connectivity index (χ1n) is 5.40. The van der Waals surface area contributed by atoms with E-state index in [-0.39, 0.29) is 0 Å². The van der Waals surface area contributed by atoms with Crippen molar-refractivity contribution in [3.8, 4) is 5.75 Å². The Morgan fingerprint density at radius 1 is 1.20 bits per heavy atom. The Morgan fingerprint density at radius 3 is 2.33 bits per heavy atom. The van der Waals surface area contributed by atoms with Crippen LogP contribution in [0.2, 0.25) is 0 Å². The molecule has 0 bridgehead atoms. The van der Waals surface area contributed by atoms with Crippen molar-refractivity contribution >= 4 is 11.8 Å². The van der Waals surface area contributed by atoms with Crippen molar-refractivity contribution in [3.05, 3.63) is 29.8 Å². The summed E-state index contributed by atoms with van der Waals surface area (Å²) in [5, 5.41) is 0. The number of hydrogen-bond donors (Lipinski definition) is 0. The monoisotopic (exact) mass is 226 g/mol. The molecule has 0 atom stereocenters. The van der Waals surface area contributed by atoms with Gasteiger partial charge < -0.3 is 4.74 Å². The standard InChI is InChI=1S/C9H12OS.C4H10/c1-10-9-5-3-4-8(6-9)7-11-2;1-3-4-2/h3-6H,7H2,1-2H3;3-4H2,1-2H3. The topological polar surface area (TPSA) is 9.23 Å². The molecular weight excluding hydrogens is 204 g/mol. The predicted octanol–water partition coefficient (Wildman–Crippen LogP) is 4.36. The largest absolute Gasteiger partial charge is 0.497 e. The van der Waals surface area contributed by atoms with Crippen LogP contribution >= 0.6 is 11.8 Å². The molecule has 1 nitrogen and oxygen atoms in total. The summed E-state index contributed by atoms with van der Waals surface area (Å²) in [5.41, 5.74) is 1.32. The highest BCUT2D eigenvalue weighted by molar-refractivity contribution is 7.97. The second kappa shape index (κ2) is 9.91. The van der Waals surface area contributed by atoms with Gasteiger partial charge in [0.2, 0.25) is 0 Å². The Morgan fingerprint density at radius 2 is 1.87 bits per heavy atom. The van der Waals surface area contributed by atoms with Crippen molar-refractivity contribution in [1.82, 2.24) is 0 Å². The van der Waals surface area contributed by atoms with Gasteiger partial charge in [-0.2, -0.15) is 11.8 Å². The summed E-state index contributed by atoms with van der Waals surface area (Å²) < 4.78 is 5.09. The molecule has 0 aromatic heterocycles. The molecule has 1 rings (SSSR count). The molecule has 0 saturated carbocycles. The second-order valence-corrected chi connectivity index (χ2v) is 4.15. The molecule has 0 heterocycles. The van der Waals surface area contributed by atoms with E-state index in [1.807, 2.05) is 23.9 Å². The number of hydrogen-bond acceptors (Lipinski definition) is 2. The first kappa shape index (κ1) is 14.4. The number of thioether (sulfide) groups is 1. The van der Waals surface area contributed by atoms with Gasteiger partial charge in [0, 0.05) is 5.75 Å². The molecule has 0 aliphatic carbocycles. The Kier molecular flexibility index (Phi) is 9.49. The van der Waals surface area contributed by atoms with Crippen molar-refractivity contribution in [2.75, 3.05) is 13.4 Å². The molecule has 0 radical (unpaired) electrons. The predicted molar refractivity (Wildman–Crippen MR) is 70.8 cm³/mol. The highest BCUT2D eigenvalue weighted by Gasteiger charge is 1.92. The van der Waals surface area contributed by atoms with E-state index in [0.29, 0.717) is 0 Å². The maximum absolute atomic E-state index is 5.09. The Labute approximate surface area is 98.2 Å². The molecule has 86 valence electrons. The zero-order valence-corrected chi connectivity index (χ0v) is 11.1. The minimum absolute atomic E-state index is 0.941. The van der Waals surface area contributed by atoms with E-state index >= 15 is 0 Å². The molecule has 0 unspecified atom stereocenters. The first-order valence-corrected chi connectivity index (χ1v) is 6.79. The van der Waals surface area contributed by atoms with Crippen LogP contribution in [0.25, 0.3) is 0 Å². The van der Waals surface area contributed by atoms with Crippen LogP contribution in [0.15, 0.2) is 24.3 Å². The average molecular weight is 226 g/mol. The Bertz CT molecular complexity index is 246. The summed E-state index contributed by atoms with van der Waals surface area (Å²) in [6.45, 7) is 4.36. The minimum Gasteiger partial charge on any atom is -0.497 e. The zero-order valence-electron chi connectivity index (χ0n) is 10.2. The van der Waals surface area contributed by atoms with Gasteiger partial charge in [-0.05, 0) is 24.0 Å². The molecular formula is C13H22OS. The van der Waals surface area contributed by atoms with Gasteiger partial charge in [0.15, 0.2) is 0 Å². The summed E-state index contributed by atoms with van der Waals surface area (Å²) >= 11 is 1.82. The molecule has 1 aromatic carbocycles. The van der Waals surface area contributed by atoms with Gasteiger partial charge >= 0.3 is 0 Å².